The number of ketones is 1. The molecule has 2 aliphatic rings. The molecule has 2 aliphatic heterocycles. The quantitative estimate of drug-likeness (QED) is 0.462. The fraction of sp³-hybridized carbons (Fsp3) is 0.821. The molecule has 2 saturated heterocycles. The Hall–Kier alpha value is -2.65. The fourth-order valence-electron chi connectivity index (χ4n) is 5.14. The third kappa shape index (κ3) is 9.91. The van der Waals surface area contributed by atoms with Crippen molar-refractivity contribution in [2.45, 2.75) is 129 Å². The molecule has 3 N–H and O–H groups in total. The maximum absolute atomic E-state index is 13.8. The first kappa shape index (κ1) is 31.6. The molecular formula is C28H48N4O6. The van der Waals surface area contributed by atoms with Crippen molar-refractivity contribution in [1.82, 2.24) is 20.9 Å². The number of rotatable bonds is 5. The number of carbonyl (C=O) groups excluding carboxylic acids is 5. The summed E-state index contributed by atoms with van der Waals surface area (Å²) in [4.78, 5) is 66.6. The number of hydrogen-bond acceptors (Lipinski definition) is 6. The molecule has 216 valence electrons. The predicted octanol–water partition coefficient (Wildman–Crippen LogP) is 3.22. The van der Waals surface area contributed by atoms with Crippen molar-refractivity contribution in [3.8, 4) is 0 Å². The number of nitrogens with zero attached hydrogens (tertiary/aromatic N) is 1. The van der Waals surface area contributed by atoms with Gasteiger partial charge < -0.3 is 25.6 Å². The van der Waals surface area contributed by atoms with E-state index in [4.69, 9.17) is 4.74 Å². The molecule has 0 aromatic carbocycles. The van der Waals surface area contributed by atoms with E-state index >= 15 is 0 Å². The zero-order valence-electron chi connectivity index (χ0n) is 23.9. The van der Waals surface area contributed by atoms with Crippen LogP contribution in [0, 0.1) is 5.92 Å². The molecular weight excluding hydrogens is 488 g/mol. The monoisotopic (exact) mass is 536 g/mol. The van der Waals surface area contributed by atoms with Crippen molar-refractivity contribution in [1.29, 1.82) is 0 Å². The molecule has 0 bridgehead atoms. The standard InChI is InChI=1S/C28H48N4O6/c1-6-19-17-22-24(34)30-20(23(33)25(35)29-7-2)15-13-11-9-8-10-12-14-16-21(26(36)32(22)18-19)31-27(37)38-28(3,4)5/h19-22H,6-18H2,1-5H3,(H,29,35)(H,30,34)(H,31,37)/t19-,20+,21+,22+/m1/s1. The Labute approximate surface area is 227 Å². The van der Waals surface area contributed by atoms with Crippen LogP contribution >= 0.6 is 0 Å². The summed E-state index contributed by atoms with van der Waals surface area (Å²) in [6.45, 7) is 9.75. The number of carbonyl (C=O) groups is 5. The molecule has 2 rings (SSSR count). The molecule has 38 heavy (non-hydrogen) atoms. The third-order valence-electron chi connectivity index (χ3n) is 7.22. The van der Waals surface area contributed by atoms with Crippen LogP contribution in [0.3, 0.4) is 0 Å². The molecule has 0 aromatic heterocycles. The molecule has 0 radical (unpaired) electrons. The number of likely N-dealkylation sites (N-methyl/N-ethyl adjacent to an activating group) is 1. The van der Waals surface area contributed by atoms with Gasteiger partial charge in [-0.15, -0.1) is 0 Å². The Bertz CT molecular complexity index is 840. The summed E-state index contributed by atoms with van der Waals surface area (Å²) in [5.41, 5.74) is -0.708. The maximum Gasteiger partial charge on any atom is 0.408 e. The number of fused-ring (bicyclic) bond motifs is 1. The van der Waals surface area contributed by atoms with Gasteiger partial charge in [-0.2, -0.15) is 0 Å². The number of amides is 4. The first-order valence-corrected chi connectivity index (χ1v) is 14.4. The highest BCUT2D eigenvalue weighted by Crippen LogP contribution is 2.28. The van der Waals surface area contributed by atoms with E-state index < -0.39 is 47.4 Å². The third-order valence-corrected chi connectivity index (χ3v) is 7.22. The van der Waals surface area contributed by atoms with Gasteiger partial charge in [-0.05, 0) is 52.9 Å². The van der Waals surface area contributed by atoms with Gasteiger partial charge in [-0.3, -0.25) is 19.2 Å². The van der Waals surface area contributed by atoms with E-state index in [9.17, 15) is 24.0 Å². The first-order valence-electron chi connectivity index (χ1n) is 14.4. The van der Waals surface area contributed by atoms with Gasteiger partial charge in [0.15, 0.2) is 0 Å². The van der Waals surface area contributed by atoms with Crippen LogP contribution in [0.5, 0.6) is 0 Å². The minimum atomic E-state index is -0.935. The molecule has 2 heterocycles. The molecule has 0 aromatic rings. The molecule has 0 saturated carbocycles. The van der Waals surface area contributed by atoms with Crippen LogP contribution in [0.4, 0.5) is 4.79 Å². The van der Waals surface area contributed by atoms with Crippen LogP contribution in [0.25, 0.3) is 0 Å². The molecule has 10 nitrogen and oxygen atoms in total. The van der Waals surface area contributed by atoms with Crippen LogP contribution in [0.1, 0.15) is 105 Å². The second-order valence-electron chi connectivity index (χ2n) is 11.6. The van der Waals surface area contributed by atoms with Crippen molar-refractivity contribution in [2.75, 3.05) is 13.1 Å². The number of alkyl carbamates (subject to hydrolysis) is 1. The maximum atomic E-state index is 13.8. The highest BCUT2D eigenvalue weighted by molar-refractivity contribution is 6.38. The highest BCUT2D eigenvalue weighted by atomic mass is 16.6. The van der Waals surface area contributed by atoms with E-state index in [0.29, 0.717) is 32.4 Å². The average Bonchev–Trinajstić information content (AvgIpc) is 3.28. The van der Waals surface area contributed by atoms with Crippen LogP contribution in [-0.4, -0.2) is 71.3 Å². The second kappa shape index (κ2) is 15.1. The minimum absolute atomic E-state index is 0.122. The van der Waals surface area contributed by atoms with Crippen LogP contribution in [-0.2, 0) is 23.9 Å². The number of Topliss-reactive ketones (excluding diaryl/α,β-unsaturated/α-hetero) is 1. The van der Waals surface area contributed by atoms with Crippen LogP contribution in [0.15, 0.2) is 0 Å². The summed E-state index contributed by atoms with van der Waals surface area (Å²) < 4.78 is 5.41. The van der Waals surface area contributed by atoms with E-state index in [2.05, 4.69) is 16.0 Å². The molecule has 0 aliphatic carbocycles. The van der Waals surface area contributed by atoms with Gasteiger partial charge in [0.2, 0.25) is 17.6 Å². The topological polar surface area (TPSA) is 134 Å². The smallest absolute Gasteiger partial charge is 0.408 e. The molecule has 0 spiro atoms. The number of nitrogens with one attached hydrogen (secondary N) is 3. The Kier molecular flexibility index (Phi) is 12.5. The lowest BCUT2D eigenvalue weighted by Crippen LogP contribution is -2.56. The first-order chi connectivity index (χ1) is 18.0. The van der Waals surface area contributed by atoms with Gasteiger partial charge in [0, 0.05) is 13.1 Å². The Morgan fingerprint density at radius 3 is 2.16 bits per heavy atom. The molecule has 2 fully saturated rings. The van der Waals surface area contributed by atoms with E-state index in [0.717, 1.165) is 51.4 Å². The zero-order valence-corrected chi connectivity index (χ0v) is 23.9. The van der Waals surface area contributed by atoms with E-state index in [1.54, 1.807) is 32.6 Å². The SMILES string of the molecule is CCNC(=O)C(=O)[C@@H]1CCCCCCCCC[C@H](NC(=O)OC(C)(C)C)C(=O)N2C[C@H](CC)C[C@H]2C(=O)N1. The van der Waals surface area contributed by atoms with E-state index in [-0.39, 0.29) is 11.8 Å². The lowest BCUT2D eigenvalue weighted by Gasteiger charge is -2.30. The molecule has 0 unspecified atom stereocenters. The Morgan fingerprint density at radius 1 is 0.974 bits per heavy atom. The summed E-state index contributed by atoms with van der Waals surface area (Å²) in [7, 11) is 0. The summed E-state index contributed by atoms with van der Waals surface area (Å²) in [5.74, 6) is -1.99. The lowest BCUT2D eigenvalue weighted by atomic mass is 9.99. The molecule has 4 amide bonds. The van der Waals surface area contributed by atoms with Crippen molar-refractivity contribution < 1.29 is 28.7 Å². The summed E-state index contributed by atoms with van der Waals surface area (Å²) in [6, 6.07) is -2.51. The normalized spacial score (nSPS) is 26.2. The zero-order chi connectivity index (χ0) is 28.3. The van der Waals surface area contributed by atoms with Gasteiger partial charge >= 0.3 is 6.09 Å². The fourth-order valence-corrected chi connectivity index (χ4v) is 5.14. The van der Waals surface area contributed by atoms with E-state index in [1.165, 1.54) is 0 Å². The molecule has 10 heteroatoms. The van der Waals surface area contributed by atoms with Crippen molar-refractivity contribution in [3.63, 3.8) is 0 Å². The minimum Gasteiger partial charge on any atom is -0.444 e. The molecule has 4 atom stereocenters. The van der Waals surface area contributed by atoms with Crippen molar-refractivity contribution in [2.24, 2.45) is 5.92 Å². The summed E-state index contributed by atoms with van der Waals surface area (Å²) in [5, 5.41) is 8.09. The van der Waals surface area contributed by atoms with Gasteiger partial charge in [0.05, 0.1) is 6.04 Å². The number of hydrogen-bond donors (Lipinski definition) is 3. The summed E-state index contributed by atoms with van der Waals surface area (Å²) >= 11 is 0. The van der Waals surface area contributed by atoms with Gasteiger partial charge in [-0.25, -0.2) is 4.79 Å². The lowest BCUT2D eigenvalue weighted by molar-refractivity contribution is -0.143. The van der Waals surface area contributed by atoms with E-state index in [1.807, 2.05) is 6.92 Å². The predicted molar refractivity (Wildman–Crippen MR) is 144 cm³/mol. The Morgan fingerprint density at radius 2 is 1.58 bits per heavy atom. The van der Waals surface area contributed by atoms with Crippen molar-refractivity contribution >= 4 is 29.6 Å². The second-order valence-corrected chi connectivity index (χ2v) is 11.6. The Balaban J connectivity index is 2.30. The largest absolute Gasteiger partial charge is 0.444 e. The van der Waals surface area contributed by atoms with Crippen molar-refractivity contribution in [3.05, 3.63) is 0 Å². The highest BCUT2D eigenvalue weighted by Gasteiger charge is 2.42. The van der Waals surface area contributed by atoms with Crippen LogP contribution in [0.2, 0.25) is 0 Å². The van der Waals surface area contributed by atoms with Gasteiger partial charge in [0.1, 0.15) is 17.7 Å². The van der Waals surface area contributed by atoms with Gasteiger partial charge in [-0.1, -0.05) is 58.3 Å². The summed E-state index contributed by atoms with van der Waals surface area (Å²) in [6.07, 6.45) is 7.79. The average molecular weight is 537 g/mol. The number of ether oxygens (including phenoxy) is 1. The van der Waals surface area contributed by atoms with Gasteiger partial charge in [0.25, 0.3) is 5.91 Å². The van der Waals surface area contributed by atoms with Crippen LogP contribution < -0.4 is 16.0 Å².